The number of hydrogen-bond donors (Lipinski definition) is 1. The highest BCUT2D eigenvalue weighted by Gasteiger charge is 2.14. The van der Waals surface area contributed by atoms with Crippen molar-refractivity contribution in [1.82, 2.24) is 9.38 Å². The maximum Gasteiger partial charge on any atom is 0.209 e. The molecule has 100 valence electrons. The van der Waals surface area contributed by atoms with Crippen LogP contribution in [0.1, 0.15) is 11.1 Å². The summed E-state index contributed by atoms with van der Waals surface area (Å²) < 4.78 is 1.63. The lowest BCUT2D eigenvalue weighted by molar-refractivity contribution is 0.282. The zero-order valence-electron chi connectivity index (χ0n) is 10.9. The molecule has 3 aromatic rings. The lowest BCUT2D eigenvalue weighted by Gasteiger charge is -1.99. The molecule has 3 rings (SSSR count). The molecule has 0 spiro atoms. The number of aryl methyl sites for hydroxylation is 1. The molecular formula is C15H13N3O2. The fourth-order valence-electron chi connectivity index (χ4n) is 2.16. The van der Waals surface area contributed by atoms with Gasteiger partial charge < -0.3 is 5.11 Å². The Morgan fingerprint density at radius 3 is 2.65 bits per heavy atom. The topological polar surface area (TPSA) is 67.0 Å². The number of nitroso groups, excluding NO2 is 1. The van der Waals surface area contributed by atoms with Gasteiger partial charge in [0, 0.05) is 11.8 Å². The molecule has 0 unspecified atom stereocenters. The predicted molar refractivity (Wildman–Crippen MR) is 76.7 cm³/mol. The van der Waals surface area contributed by atoms with E-state index in [1.165, 1.54) is 0 Å². The molecule has 5 nitrogen and oxygen atoms in total. The Labute approximate surface area is 115 Å². The lowest BCUT2D eigenvalue weighted by Crippen LogP contribution is -1.88. The summed E-state index contributed by atoms with van der Waals surface area (Å²) in [6.45, 7) is 1.94. The van der Waals surface area contributed by atoms with Gasteiger partial charge >= 0.3 is 0 Å². The van der Waals surface area contributed by atoms with Crippen LogP contribution in [-0.2, 0) is 6.61 Å². The van der Waals surface area contributed by atoms with E-state index in [1.807, 2.05) is 31.2 Å². The fourth-order valence-corrected chi connectivity index (χ4v) is 2.16. The fraction of sp³-hybridized carbons (Fsp3) is 0.133. The van der Waals surface area contributed by atoms with Crippen molar-refractivity contribution in [2.75, 3.05) is 0 Å². The van der Waals surface area contributed by atoms with Crippen LogP contribution in [-0.4, -0.2) is 14.5 Å². The van der Waals surface area contributed by atoms with Crippen molar-refractivity contribution in [3.8, 4) is 11.3 Å². The second kappa shape index (κ2) is 4.86. The Kier molecular flexibility index (Phi) is 3.04. The molecule has 0 aliphatic carbocycles. The summed E-state index contributed by atoms with van der Waals surface area (Å²) in [6.07, 6.45) is 1.70. The summed E-state index contributed by atoms with van der Waals surface area (Å²) in [7, 11) is 0. The van der Waals surface area contributed by atoms with Gasteiger partial charge in [0.15, 0.2) is 0 Å². The minimum absolute atomic E-state index is 0.0624. The monoisotopic (exact) mass is 267 g/mol. The molecule has 0 fully saturated rings. The van der Waals surface area contributed by atoms with Gasteiger partial charge in [-0.2, -0.15) is 0 Å². The van der Waals surface area contributed by atoms with Crippen molar-refractivity contribution >= 4 is 11.5 Å². The third kappa shape index (κ3) is 1.98. The highest BCUT2D eigenvalue weighted by atomic mass is 16.3. The first-order valence-electron chi connectivity index (χ1n) is 6.25. The summed E-state index contributed by atoms with van der Waals surface area (Å²) >= 11 is 0. The average Bonchev–Trinajstić information content (AvgIpc) is 2.85. The predicted octanol–water partition coefficient (Wildman–Crippen LogP) is 3.20. The van der Waals surface area contributed by atoms with Crippen LogP contribution < -0.4 is 0 Å². The van der Waals surface area contributed by atoms with E-state index < -0.39 is 0 Å². The largest absolute Gasteiger partial charge is 0.392 e. The minimum Gasteiger partial charge on any atom is -0.392 e. The van der Waals surface area contributed by atoms with Crippen molar-refractivity contribution < 1.29 is 5.11 Å². The molecule has 0 saturated heterocycles. The number of pyridine rings is 1. The maximum atomic E-state index is 11.1. The first-order valence-corrected chi connectivity index (χ1v) is 6.25. The van der Waals surface area contributed by atoms with Gasteiger partial charge in [-0.3, -0.25) is 4.40 Å². The first kappa shape index (κ1) is 12.5. The molecule has 2 heterocycles. The van der Waals surface area contributed by atoms with Crippen LogP contribution in [0.25, 0.3) is 16.9 Å². The van der Waals surface area contributed by atoms with Crippen LogP contribution >= 0.6 is 0 Å². The Morgan fingerprint density at radius 1 is 1.25 bits per heavy atom. The molecule has 0 amide bonds. The van der Waals surface area contributed by atoms with Gasteiger partial charge in [0.1, 0.15) is 11.3 Å². The molecule has 20 heavy (non-hydrogen) atoms. The Bertz CT molecular complexity index is 776. The van der Waals surface area contributed by atoms with Crippen molar-refractivity contribution in [3.05, 3.63) is 58.6 Å². The Morgan fingerprint density at radius 2 is 2.00 bits per heavy atom. The van der Waals surface area contributed by atoms with Crippen LogP contribution in [0, 0.1) is 11.8 Å². The van der Waals surface area contributed by atoms with Crippen LogP contribution in [0.4, 0.5) is 5.82 Å². The zero-order chi connectivity index (χ0) is 14.1. The van der Waals surface area contributed by atoms with E-state index in [2.05, 4.69) is 10.2 Å². The quantitative estimate of drug-likeness (QED) is 0.741. The van der Waals surface area contributed by atoms with E-state index in [0.29, 0.717) is 11.3 Å². The Hall–Kier alpha value is -2.53. The summed E-state index contributed by atoms with van der Waals surface area (Å²) in [5, 5.41) is 12.3. The number of rotatable bonds is 3. The van der Waals surface area contributed by atoms with E-state index in [-0.39, 0.29) is 12.4 Å². The lowest BCUT2D eigenvalue weighted by atomic mass is 10.1. The van der Waals surface area contributed by atoms with Crippen LogP contribution in [0.3, 0.4) is 0 Å². The molecule has 1 N–H and O–H groups in total. The molecule has 2 aromatic heterocycles. The van der Waals surface area contributed by atoms with Crippen LogP contribution in [0.2, 0.25) is 0 Å². The number of benzene rings is 1. The maximum absolute atomic E-state index is 11.1. The molecular weight excluding hydrogens is 254 g/mol. The number of aliphatic hydroxyl groups is 1. The highest BCUT2D eigenvalue weighted by molar-refractivity contribution is 5.74. The third-order valence-corrected chi connectivity index (χ3v) is 3.26. The van der Waals surface area contributed by atoms with Crippen LogP contribution in [0.5, 0.6) is 0 Å². The molecule has 0 aliphatic heterocycles. The number of fused-ring (bicyclic) bond motifs is 1. The van der Waals surface area contributed by atoms with Gasteiger partial charge in [-0.15, -0.1) is 4.91 Å². The smallest absolute Gasteiger partial charge is 0.209 e. The standard InChI is InChI=1S/C15H13N3O2/c1-10-2-4-12(5-3-10)14-15(17-20)18-7-6-11(9-19)8-13(18)16-14/h2-8,19H,9H2,1H3. The molecule has 0 atom stereocenters. The second-order valence-electron chi connectivity index (χ2n) is 4.66. The van der Waals surface area contributed by atoms with Gasteiger partial charge in [0.2, 0.25) is 5.82 Å². The molecule has 0 bridgehead atoms. The van der Waals surface area contributed by atoms with Gasteiger partial charge in [0.25, 0.3) is 0 Å². The first-order chi connectivity index (χ1) is 9.72. The average molecular weight is 267 g/mol. The van der Waals surface area contributed by atoms with Gasteiger partial charge in [-0.05, 0) is 29.8 Å². The molecule has 1 aromatic carbocycles. The summed E-state index contributed by atoms with van der Waals surface area (Å²) in [4.78, 5) is 15.6. The Balaban J connectivity index is 2.24. The molecule has 0 saturated carbocycles. The van der Waals surface area contributed by atoms with Crippen molar-refractivity contribution in [3.63, 3.8) is 0 Å². The van der Waals surface area contributed by atoms with Gasteiger partial charge in [-0.1, -0.05) is 29.8 Å². The number of hydrogen-bond acceptors (Lipinski definition) is 4. The zero-order valence-corrected chi connectivity index (χ0v) is 10.9. The van der Waals surface area contributed by atoms with E-state index in [1.54, 1.807) is 22.7 Å². The van der Waals surface area contributed by atoms with E-state index in [4.69, 9.17) is 5.11 Å². The summed E-state index contributed by atoms with van der Waals surface area (Å²) in [5.74, 6) is 0.272. The molecule has 0 aliphatic rings. The number of aromatic nitrogens is 2. The van der Waals surface area contributed by atoms with E-state index in [9.17, 15) is 4.91 Å². The van der Waals surface area contributed by atoms with Crippen molar-refractivity contribution in [2.45, 2.75) is 13.5 Å². The van der Waals surface area contributed by atoms with E-state index >= 15 is 0 Å². The van der Waals surface area contributed by atoms with Gasteiger partial charge in [-0.25, -0.2) is 4.98 Å². The minimum atomic E-state index is -0.0624. The van der Waals surface area contributed by atoms with E-state index in [0.717, 1.165) is 16.7 Å². The van der Waals surface area contributed by atoms with Crippen molar-refractivity contribution in [1.29, 1.82) is 0 Å². The highest BCUT2D eigenvalue weighted by Crippen LogP contribution is 2.31. The normalized spacial score (nSPS) is 10.9. The molecule has 5 heteroatoms. The second-order valence-corrected chi connectivity index (χ2v) is 4.66. The summed E-state index contributed by atoms with van der Waals surface area (Å²) in [6, 6.07) is 11.2. The molecule has 0 radical (unpaired) electrons. The van der Waals surface area contributed by atoms with Crippen LogP contribution in [0.15, 0.2) is 47.8 Å². The van der Waals surface area contributed by atoms with Crippen molar-refractivity contribution in [2.24, 2.45) is 5.18 Å². The number of nitrogens with zero attached hydrogens (tertiary/aromatic N) is 3. The number of aliphatic hydroxyl groups excluding tert-OH is 1. The number of imidazole rings is 1. The summed E-state index contributed by atoms with van der Waals surface area (Å²) in [5.41, 5.74) is 3.88. The van der Waals surface area contributed by atoms with Gasteiger partial charge in [0.05, 0.1) is 6.61 Å². The SMILES string of the molecule is Cc1ccc(-c2nc3cc(CO)ccn3c2N=O)cc1. The third-order valence-electron chi connectivity index (χ3n) is 3.26.